The molecule has 0 unspecified atom stereocenters. The van der Waals surface area contributed by atoms with E-state index in [2.05, 4.69) is 30.4 Å². The van der Waals surface area contributed by atoms with E-state index in [0.717, 1.165) is 16.9 Å². The van der Waals surface area contributed by atoms with Crippen molar-refractivity contribution >= 4 is 11.6 Å². The number of oxime groups is 1. The third-order valence-corrected chi connectivity index (χ3v) is 3.93. The molecule has 1 N–H and O–H groups in total. The Morgan fingerprint density at radius 3 is 2.50 bits per heavy atom. The summed E-state index contributed by atoms with van der Waals surface area (Å²) in [6, 6.07) is 15.6. The van der Waals surface area contributed by atoms with Crippen LogP contribution in [-0.4, -0.2) is 25.3 Å². The lowest BCUT2D eigenvalue weighted by molar-refractivity contribution is -0.114. The van der Waals surface area contributed by atoms with Crippen LogP contribution < -0.4 is 10.1 Å². The number of amides is 1. The predicted molar refractivity (Wildman–Crippen MR) is 104 cm³/mol. The van der Waals surface area contributed by atoms with E-state index in [9.17, 15) is 4.79 Å². The van der Waals surface area contributed by atoms with Gasteiger partial charge >= 0.3 is 0 Å². The van der Waals surface area contributed by atoms with Crippen molar-refractivity contribution < 1.29 is 14.4 Å². The lowest BCUT2D eigenvalue weighted by Crippen LogP contribution is -2.32. The molecular formula is C21H26N2O3. The van der Waals surface area contributed by atoms with Gasteiger partial charge in [0.1, 0.15) is 19.5 Å². The summed E-state index contributed by atoms with van der Waals surface area (Å²) in [4.78, 5) is 17.2. The number of ether oxygens (including phenoxy) is 1. The van der Waals surface area contributed by atoms with Gasteiger partial charge in [0.15, 0.2) is 5.71 Å². The highest BCUT2D eigenvalue weighted by molar-refractivity contribution is 6.45. The number of para-hydroxylation sites is 1. The first kappa shape index (κ1) is 19.5. The fraction of sp³-hybridized carbons (Fsp3) is 0.333. The molecule has 138 valence electrons. The molecule has 0 heterocycles. The van der Waals surface area contributed by atoms with Gasteiger partial charge in [-0.05, 0) is 30.0 Å². The molecule has 2 aromatic carbocycles. The molecule has 2 aromatic rings. The van der Waals surface area contributed by atoms with Gasteiger partial charge in [0.05, 0.1) is 0 Å². The average molecular weight is 354 g/mol. The normalized spacial score (nSPS) is 11.3. The van der Waals surface area contributed by atoms with E-state index in [1.165, 1.54) is 7.11 Å². The zero-order valence-corrected chi connectivity index (χ0v) is 15.8. The van der Waals surface area contributed by atoms with Crippen molar-refractivity contribution in [1.82, 2.24) is 5.32 Å². The molecule has 5 heteroatoms. The van der Waals surface area contributed by atoms with E-state index in [-0.39, 0.29) is 11.6 Å². The Kier molecular flexibility index (Phi) is 7.21. The standard InChI is InChI=1S/C21H26N2O3/c1-5-22-21(24)20(23-25-4)18-12-7-6-10-16(18)14-26-19-13-9-8-11-17(19)15(2)3/h6-13,15H,5,14H2,1-4H3,(H,22,24). The summed E-state index contributed by atoms with van der Waals surface area (Å²) >= 11 is 0. The third-order valence-electron chi connectivity index (χ3n) is 3.93. The number of benzene rings is 2. The van der Waals surface area contributed by atoms with E-state index >= 15 is 0 Å². The molecule has 26 heavy (non-hydrogen) atoms. The minimum absolute atomic E-state index is 0.241. The second-order valence-electron chi connectivity index (χ2n) is 6.12. The second-order valence-corrected chi connectivity index (χ2v) is 6.12. The molecule has 0 fully saturated rings. The topological polar surface area (TPSA) is 59.9 Å². The number of hydrogen-bond donors (Lipinski definition) is 1. The molecule has 0 saturated heterocycles. The number of rotatable bonds is 8. The molecule has 0 aliphatic heterocycles. The van der Waals surface area contributed by atoms with Gasteiger partial charge < -0.3 is 14.9 Å². The largest absolute Gasteiger partial charge is 0.489 e. The minimum Gasteiger partial charge on any atom is -0.489 e. The van der Waals surface area contributed by atoms with Crippen molar-refractivity contribution in [2.45, 2.75) is 33.3 Å². The minimum atomic E-state index is -0.274. The van der Waals surface area contributed by atoms with Gasteiger partial charge in [-0.2, -0.15) is 0 Å². The van der Waals surface area contributed by atoms with Crippen LogP contribution in [-0.2, 0) is 16.2 Å². The quantitative estimate of drug-likeness (QED) is 0.578. The maximum absolute atomic E-state index is 12.3. The van der Waals surface area contributed by atoms with E-state index < -0.39 is 0 Å². The first-order valence-corrected chi connectivity index (χ1v) is 8.77. The highest BCUT2D eigenvalue weighted by Gasteiger charge is 2.18. The molecule has 0 aromatic heterocycles. The lowest BCUT2D eigenvalue weighted by atomic mass is 10.0. The molecule has 0 bridgehead atoms. The van der Waals surface area contributed by atoms with Gasteiger partial charge in [0.2, 0.25) is 0 Å². The van der Waals surface area contributed by atoms with Crippen LogP contribution in [0.5, 0.6) is 5.75 Å². The van der Waals surface area contributed by atoms with Gasteiger partial charge in [-0.15, -0.1) is 0 Å². The predicted octanol–water partition coefficient (Wildman–Crippen LogP) is 3.88. The van der Waals surface area contributed by atoms with Crippen molar-refractivity contribution in [3.05, 3.63) is 65.2 Å². The van der Waals surface area contributed by atoms with E-state index in [1.807, 2.05) is 49.4 Å². The number of hydrogen-bond acceptors (Lipinski definition) is 4. The number of carbonyl (C=O) groups excluding carboxylic acids is 1. The fourth-order valence-corrected chi connectivity index (χ4v) is 2.67. The Morgan fingerprint density at radius 2 is 1.81 bits per heavy atom. The Bertz CT molecular complexity index is 769. The molecule has 2 rings (SSSR count). The lowest BCUT2D eigenvalue weighted by Gasteiger charge is -2.16. The Morgan fingerprint density at radius 1 is 1.12 bits per heavy atom. The van der Waals surface area contributed by atoms with Crippen LogP contribution in [0.25, 0.3) is 0 Å². The SMILES string of the molecule is CCNC(=O)C(=NOC)c1ccccc1COc1ccccc1C(C)C. The third kappa shape index (κ3) is 4.85. The highest BCUT2D eigenvalue weighted by atomic mass is 16.6. The van der Waals surface area contributed by atoms with Crippen molar-refractivity contribution in [2.75, 3.05) is 13.7 Å². The monoisotopic (exact) mass is 354 g/mol. The maximum atomic E-state index is 12.3. The fourth-order valence-electron chi connectivity index (χ4n) is 2.67. The Balaban J connectivity index is 2.29. The molecule has 0 saturated carbocycles. The summed E-state index contributed by atoms with van der Waals surface area (Å²) in [7, 11) is 1.43. The van der Waals surface area contributed by atoms with Crippen molar-refractivity contribution in [2.24, 2.45) is 5.16 Å². The van der Waals surface area contributed by atoms with Crippen LogP contribution in [0.2, 0.25) is 0 Å². The van der Waals surface area contributed by atoms with Gasteiger partial charge in [0.25, 0.3) is 5.91 Å². The molecule has 0 radical (unpaired) electrons. The molecule has 0 spiro atoms. The van der Waals surface area contributed by atoms with Crippen LogP contribution in [0.1, 0.15) is 43.4 Å². The van der Waals surface area contributed by atoms with Crippen LogP contribution in [0.15, 0.2) is 53.7 Å². The summed E-state index contributed by atoms with van der Waals surface area (Å²) in [5.41, 5.74) is 2.96. The molecule has 5 nitrogen and oxygen atoms in total. The van der Waals surface area contributed by atoms with Crippen LogP contribution >= 0.6 is 0 Å². The van der Waals surface area contributed by atoms with Crippen molar-refractivity contribution in [1.29, 1.82) is 0 Å². The van der Waals surface area contributed by atoms with E-state index in [0.29, 0.717) is 24.6 Å². The summed E-state index contributed by atoms with van der Waals surface area (Å²) in [6.07, 6.45) is 0. The Labute approximate surface area is 155 Å². The van der Waals surface area contributed by atoms with Crippen LogP contribution in [0.3, 0.4) is 0 Å². The smallest absolute Gasteiger partial charge is 0.273 e. The van der Waals surface area contributed by atoms with Gasteiger partial charge in [-0.1, -0.05) is 61.5 Å². The molecule has 0 atom stereocenters. The summed E-state index contributed by atoms with van der Waals surface area (Å²) in [5, 5.41) is 6.69. The summed E-state index contributed by atoms with van der Waals surface area (Å²) in [6.45, 7) is 6.98. The number of carbonyl (C=O) groups is 1. The van der Waals surface area contributed by atoms with Crippen LogP contribution in [0.4, 0.5) is 0 Å². The van der Waals surface area contributed by atoms with Gasteiger partial charge in [-0.3, -0.25) is 4.79 Å². The Hall–Kier alpha value is -2.82. The first-order chi connectivity index (χ1) is 12.6. The average Bonchev–Trinajstić information content (AvgIpc) is 2.65. The highest BCUT2D eigenvalue weighted by Crippen LogP contribution is 2.27. The first-order valence-electron chi connectivity index (χ1n) is 8.77. The number of likely N-dealkylation sites (N-methyl/N-ethyl adjacent to an activating group) is 1. The van der Waals surface area contributed by atoms with Crippen molar-refractivity contribution in [3.8, 4) is 5.75 Å². The molecule has 1 amide bonds. The summed E-state index contributed by atoms with van der Waals surface area (Å²) < 4.78 is 6.07. The van der Waals surface area contributed by atoms with E-state index in [1.54, 1.807) is 0 Å². The van der Waals surface area contributed by atoms with Gasteiger partial charge in [-0.25, -0.2) is 0 Å². The van der Waals surface area contributed by atoms with E-state index in [4.69, 9.17) is 9.57 Å². The zero-order chi connectivity index (χ0) is 18.9. The number of nitrogens with one attached hydrogen (secondary N) is 1. The van der Waals surface area contributed by atoms with Gasteiger partial charge in [0, 0.05) is 12.1 Å². The molecule has 0 aliphatic rings. The number of nitrogens with zero attached hydrogens (tertiary/aromatic N) is 1. The second kappa shape index (κ2) is 9.61. The zero-order valence-electron chi connectivity index (χ0n) is 15.8. The summed E-state index contributed by atoms with van der Waals surface area (Å²) in [5.74, 6) is 0.937. The molecule has 0 aliphatic carbocycles. The molecular weight excluding hydrogens is 328 g/mol. The van der Waals surface area contributed by atoms with Crippen LogP contribution in [0, 0.1) is 0 Å². The maximum Gasteiger partial charge on any atom is 0.273 e. The van der Waals surface area contributed by atoms with Crippen molar-refractivity contribution in [3.63, 3.8) is 0 Å².